The molecule has 1 saturated carbocycles. The molecule has 1 aliphatic heterocycles. The topological polar surface area (TPSA) is 59.6 Å². The van der Waals surface area contributed by atoms with Crippen molar-refractivity contribution in [2.24, 2.45) is 0 Å². The van der Waals surface area contributed by atoms with Crippen molar-refractivity contribution in [1.82, 2.24) is 10.6 Å². The third kappa shape index (κ3) is 4.83. The molecule has 0 bridgehead atoms. The average Bonchev–Trinajstić information content (AvgIpc) is 2.47. The Morgan fingerprint density at radius 2 is 1.83 bits per heavy atom. The van der Waals surface area contributed by atoms with Crippen molar-refractivity contribution in [3.05, 3.63) is 0 Å². The Labute approximate surface area is 140 Å². The SMILES string of the molecule is CC(C)(C)OC(=O)NC1(CNC2CC(C)(C)OC2(C)C)CCC1. The lowest BCUT2D eigenvalue weighted by molar-refractivity contribution is -0.0703. The van der Waals surface area contributed by atoms with Crippen LogP contribution in [0.5, 0.6) is 0 Å². The first-order valence-electron chi connectivity index (χ1n) is 8.77. The third-order valence-electron chi connectivity index (χ3n) is 4.84. The van der Waals surface area contributed by atoms with Gasteiger partial charge in [0.05, 0.1) is 16.7 Å². The van der Waals surface area contributed by atoms with E-state index in [1.54, 1.807) is 0 Å². The second-order valence-corrected chi connectivity index (χ2v) is 9.36. The fraction of sp³-hybridized carbons (Fsp3) is 0.944. The Morgan fingerprint density at radius 1 is 1.22 bits per heavy atom. The molecule has 1 amide bonds. The van der Waals surface area contributed by atoms with Crippen molar-refractivity contribution in [3.8, 4) is 0 Å². The second-order valence-electron chi connectivity index (χ2n) is 9.36. The van der Waals surface area contributed by atoms with Gasteiger partial charge in [0.2, 0.25) is 0 Å². The highest BCUT2D eigenvalue weighted by atomic mass is 16.6. The fourth-order valence-corrected chi connectivity index (χ4v) is 3.67. The summed E-state index contributed by atoms with van der Waals surface area (Å²) in [6, 6.07) is 0.287. The van der Waals surface area contributed by atoms with Crippen LogP contribution >= 0.6 is 0 Å². The van der Waals surface area contributed by atoms with E-state index < -0.39 is 5.60 Å². The van der Waals surface area contributed by atoms with Crippen LogP contribution in [0.2, 0.25) is 0 Å². The van der Waals surface area contributed by atoms with Crippen molar-refractivity contribution in [2.75, 3.05) is 6.54 Å². The van der Waals surface area contributed by atoms with Gasteiger partial charge < -0.3 is 20.1 Å². The molecule has 2 aliphatic rings. The highest BCUT2D eigenvalue weighted by Crippen LogP contribution is 2.38. The van der Waals surface area contributed by atoms with E-state index in [2.05, 4.69) is 38.3 Å². The lowest BCUT2D eigenvalue weighted by Gasteiger charge is -2.44. The molecule has 2 N–H and O–H groups in total. The van der Waals surface area contributed by atoms with Crippen molar-refractivity contribution in [3.63, 3.8) is 0 Å². The molecule has 23 heavy (non-hydrogen) atoms. The highest BCUT2D eigenvalue weighted by Gasteiger charge is 2.47. The maximum absolute atomic E-state index is 12.1. The van der Waals surface area contributed by atoms with Crippen molar-refractivity contribution in [2.45, 2.75) is 103 Å². The summed E-state index contributed by atoms with van der Waals surface area (Å²) in [7, 11) is 0. The molecule has 1 saturated heterocycles. The quantitative estimate of drug-likeness (QED) is 0.831. The van der Waals surface area contributed by atoms with Gasteiger partial charge in [0.25, 0.3) is 0 Å². The van der Waals surface area contributed by atoms with E-state index in [4.69, 9.17) is 9.47 Å². The Morgan fingerprint density at radius 3 is 2.22 bits per heavy atom. The normalized spacial score (nSPS) is 28.0. The second kappa shape index (κ2) is 5.92. The van der Waals surface area contributed by atoms with Crippen LogP contribution in [0.25, 0.3) is 0 Å². The standard InChI is InChI=1S/C18H34N2O3/c1-15(2,3)22-14(21)20-18(9-8-10-18)12-19-13-11-16(4,5)23-17(13,6)7/h13,19H,8-12H2,1-7H3,(H,20,21). The van der Waals surface area contributed by atoms with Crippen LogP contribution < -0.4 is 10.6 Å². The van der Waals surface area contributed by atoms with E-state index in [1.165, 1.54) is 0 Å². The molecule has 1 aliphatic carbocycles. The summed E-state index contributed by atoms with van der Waals surface area (Å²) in [5.41, 5.74) is -0.939. The summed E-state index contributed by atoms with van der Waals surface area (Å²) in [5.74, 6) is 0. The lowest BCUT2D eigenvalue weighted by atomic mass is 9.76. The summed E-state index contributed by atoms with van der Waals surface area (Å²) < 4.78 is 11.6. The number of carbonyl (C=O) groups excluding carboxylic acids is 1. The first-order chi connectivity index (χ1) is 10.3. The first kappa shape index (κ1) is 18.5. The summed E-state index contributed by atoms with van der Waals surface area (Å²) in [6.07, 6.45) is 3.80. The third-order valence-corrected chi connectivity index (χ3v) is 4.84. The van der Waals surface area contributed by atoms with Gasteiger partial charge >= 0.3 is 6.09 Å². The van der Waals surface area contributed by atoms with Gasteiger partial charge in [-0.2, -0.15) is 0 Å². The summed E-state index contributed by atoms with van der Waals surface area (Å²) >= 11 is 0. The molecule has 0 aromatic carbocycles. The van der Waals surface area contributed by atoms with Crippen LogP contribution in [0.15, 0.2) is 0 Å². The van der Waals surface area contributed by atoms with Gasteiger partial charge in [-0.25, -0.2) is 4.79 Å². The molecule has 1 atom stereocenters. The number of rotatable bonds is 4. The van der Waals surface area contributed by atoms with E-state index >= 15 is 0 Å². The zero-order chi connectivity index (χ0) is 17.5. The van der Waals surface area contributed by atoms with Crippen molar-refractivity contribution < 1.29 is 14.3 Å². The molecule has 2 fully saturated rings. The van der Waals surface area contributed by atoms with Crippen molar-refractivity contribution in [1.29, 1.82) is 0 Å². The van der Waals surface area contributed by atoms with Crippen LogP contribution in [0.1, 0.15) is 74.1 Å². The number of hydrogen-bond acceptors (Lipinski definition) is 4. The number of amides is 1. The Kier molecular flexibility index (Phi) is 4.77. The van der Waals surface area contributed by atoms with Crippen LogP contribution in [0.4, 0.5) is 4.79 Å². The molecule has 0 spiro atoms. The Balaban J connectivity index is 1.91. The molecule has 5 nitrogen and oxygen atoms in total. The molecule has 0 aromatic heterocycles. The molecule has 0 radical (unpaired) electrons. The number of carbonyl (C=O) groups is 1. The maximum atomic E-state index is 12.1. The fourth-order valence-electron chi connectivity index (χ4n) is 3.67. The van der Waals surface area contributed by atoms with Gasteiger partial charge in [0.1, 0.15) is 5.60 Å². The predicted molar refractivity (Wildman–Crippen MR) is 91.6 cm³/mol. The number of hydrogen-bond donors (Lipinski definition) is 2. The van der Waals surface area contributed by atoms with Crippen LogP contribution in [0.3, 0.4) is 0 Å². The molecule has 2 rings (SSSR count). The van der Waals surface area contributed by atoms with Crippen LogP contribution in [-0.4, -0.2) is 41.0 Å². The molecule has 0 aromatic rings. The van der Waals surface area contributed by atoms with E-state index in [9.17, 15) is 4.79 Å². The van der Waals surface area contributed by atoms with E-state index in [-0.39, 0.29) is 28.9 Å². The molecule has 5 heteroatoms. The molecular formula is C18H34N2O3. The monoisotopic (exact) mass is 326 g/mol. The summed E-state index contributed by atoms with van der Waals surface area (Å²) in [4.78, 5) is 12.1. The highest BCUT2D eigenvalue weighted by molar-refractivity contribution is 5.69. The molecule has 134 valence electrons. The van der Waals surface area contributed by atoms with Gasteiger partial charge in [-0.15, -0.1) is 0 Å². The minimum Gasteiger partial charge on any atom is -0.444 e. The van der Waals surface area contributed by atoms with Crippen LogP contribution in [0, 0.1) is 0 Å². The number of nitrogens with one attached hydrogen (secondary N) is 2. The van der Waals surface area contributed by atoms with Gasteiger partial charge in [0.15, 0.2) is 0 Å². The maximum Gasteiger partial charge on any atom is 0.408 e. The van der Waals surface area contributed by atoms with Gasteiger partial charge in [-0.05, 0) is 74.1 Å². The minimum atomic E-state index is -0.465. The summed E-state index contributed by atoms with van der Waals surface area (Å²) in [5, 5.41) is 6.74. The number of ether oxygens (including phenoxy) is 2. The molecular weight excluding hydrogens is 292 g/mol. The van der Waals surface area contributed by atoms with E-state index in [1.807, 2.05) is 20.8 Å². The molecule has 1 heterocycles. The zero-order valence-electron chi connectivity index (χ0n) is 15.8. The zero-order valence-corrected chi connectivity index (χ0v) is 15.8. The van der Waals surface area contributed by atoms with E-state index in [0.29, 0.717) is 0 Å². The minimum absolute atomic E-state index is 0.105. The van der Waals surface area contributed by atoms with E-state index in [0.717, 1.165) is 32.2 Å². The predicted octanol–water partition coefficient (Wildman–Crippen LogP) is 3.37. The van der Waals surface area contributed by atoms with Gasteiger partial charge in [-0.3, -0.25) is 0 Å². The smallest absolute Gasteiger partial charge is 0.408 e. The lowest BCUT2D eigenvalue weighted by Crippen LogP contribution is -2.62. The van der Waals surface area contributed by atoms with Gasteiger partial charge in [-0.1, -0.05) is 0 Å². The number of alkyl carbamates (subject to hydrolysis) is 1. The largest absolute Gasteiger partial charge is 0.444 e. The average molecular weight is 326 g/mol. The van der Waals surface area contributed by atoms with Crippen molar-refractivity contribution >= 4 is 6.09 Å². The summed E-state index contributed by atoms with van der Waals surface area (Å²) in [6.45, 7) is 15.0. The Bertz CT molecular complexity index is 448. The van der Waals surface area contributed by atoms with Gasteiger partial charge in [0, 0.05) is 12.6 Å². The molecule has 1 unspecified atom stereocenters. The first-order valence-corrected chi connectivity index (χ1v) is 8.77. The Hall–Kier alpha value is -0.810. The van der Waals surface area contributed by atoms with Crippen LogP contribution in [-0.2, 0) is 9.47 Å².